The molecule has 5 heteroatoms. The second kappa shape index (κ2) is 8.51. The fraction of sp³-hybridized carbons (Fsp3) is 0. The van der Waals surface area contributed by atoms with Gasteiger partial charge in [-0.15, -0.1) is 11.3 Å². The van der Waals surface area contributed by atoms with E-state index >= 15 is 0 Å². The van der Waals surface area contributed by atoms with E-state index in [2.05, 4.69) is 95.6 Å². The monoisotopic (exact) mass is 567 g/mol. The van der Waals surface area contributed by atoms with Crippen molar-refractivity contribution in [1.29, 1.82) is 0 Å². The van der Waals surface area contributed by atoms with Gasteiger partial charge in [0.2, 0.25) is 5.95 Å². The average molecular weight is 568 g/mol. The fourth-order valence-electron chi connectivity index (χ4n) is 6.80. The maximum absolute atomic E-state index is 6.42. The number of furan rings is 1. The van der Waals surface area contributed by atoms with Gasteiger partial charge in [-0.05, 0) is 24.3 Å². The van der Waals surface area contributed by atoms with Crippen LogP contribution < -0.4 is 0 Å². The molecule has 0 saturated heterocycles. The largest absolute Gasteiger partial charge is 0.452 e. The number of nitrogens with zero attached hydrogens (tertiary/aromatic N) is 3. The van der Waals surface area contributed by atoms with Gasteiger partial charge in [-0.3, -0.25) is 4.57 Å². The first kappa shape index (κ1) is 23.1. The van der Waals surface area contributed by atoms with Crippen molar-refractivity contribution in [3.8, 4) is 17.2 Å². The van der Waals surface area contributed by atoms with E-state index in [1.807, 2.05) is 47.7 Å². The molecular formula is C38H21N3OS. The SMILES string of the molecule is c1ccc(-c2nc(-n3c4ccccc4c4c5c6ccccc6sc5c5ccccc5c43)nc3c2oc2ccccc23)cc1. The molecule has 0 fully saturated rings. The Kier molecular flexibility index (Phi) is 4.57. The van der Waals surface area contributed by atoms with Crippen LogP contribution in [0.4, 0.5) is 0 Å². The van der Waals surface area contributed by atoms with E-state index < -0.39 is 0 Å². The van der Waals surface area contributed by atoms with Gasteiger partial charge < -0.3 is 4.42 Å². The van der Waals surface area contributed by atoms with Crippen molar-refractivity contribution >= 4 is 86.2 Å². The molecule has 0 aliphatic carbocycles. The Bertz CT molecular complexity index is 2730. The minimum Gasteiger partial charge on any atom is -0.452 e. The third kappa shape index (κ3) is 3.09. The number of para-hydroxylation sites is 2. The number of rotatable bonds is 2. The predicted molar refractivity (Wildman–Crippen MR) is 179 cm³/mol. The first-order chi connectivity index (χ1) is 21.3. The van der Waals surface area contributed by atoms with E-state index in [1.165, 1.54) is 41.7 Å². The summed E-state index contributed by atoms with van der Waals surface area (Å²) in [5, 5.41) is 8.42. The summed E-state index contributed by atoms with van der Waals surface area (Å²) in [5.74, 6) is 0.633. The Labute approximate surface area is 249 Å². The lowest BCUT2D eigenvalue weighted by Gasteiger charge is -2.11. The first-order valence-electron chi connectivity index (χ1n) is 14.4. The van der Waals surface area contributed by atoms with Crippen LogP contribution in [0.3, 0.4) is 0 Å². The Hall–Kier alpha value is -5.52. The Morgan fingerprint density at radius 1 is 0.558 bits per heavy atom. The lowest BCUT2D eigenvalue weighted by molar-refractivity contribution is 0.666. The van der Waals surface area contributed by atoms with Crippen molar-refractivity contribution in [2.24, 2.45) is 0 Å². The van der Waals surface area contributed by atoms with Crippen molar-refractivity contribution in [1.82, 2.24) is 14.5 Å². The summed E-state index contributed by atoms with van der Waals surface area (Å²) in [4.78, 5) is 10.6. The topological polar surface area (TPSA) is 43.9 Å². The molecule has 0 radical (unpaired) electrons. The van der Waals surface area contributed by atoms with Gasteiger partial charge >= 0.3 is 0 Å². The van der Waals surface area contributed by atoms with E-state index in [1.54, 1.807) is 0 Å². The predicted octanol–water partition coefficient (Wildman–Crippen LogP) is 10.7. The van der Waals surface area contributed by atoms with Crippen LogP contribution in [0.25, 0.3) is 92.0 Å². The van der Waals surface area contributed by atoms with Gasteiger partial charge in [-0.1, -0.05) is 103 Å². The molecule has 0 aliphatic rings. The summed E-state index contributed by atoms with van der Waals surface area (Å²) < 4.78 is 11.3. The number of thiophene rings is 1. The molecule has 0 saturated carbocycles. The summed E-state index contributed by atoms with van der Waals surface area (Å²) >= 11 is 1.87. The maximum atomic E-state index is 6.42. The lowest BCUT2D eigenvalue weighted by atomic mass is 10.00. The minimum absolute atomic E-state index is 0.633. The zero-order valence-corrected chi connectivity index (χ0v) is 23.6. The standard InChI is InChI=1S/C38H21N3OS/c1-2-12-22(13-3-1)33-36-34(26-17-7-10-20-29(26)42-36)40-38(39-33)41-28-19-9-6-16-25(28)31-32-27-18-8-11-21-30(27)43-37(32)24-15-5-4-14-23(24)35(31)41/h1-21H. The van der Waals surface area contributed by atoms with E-state index in [0.29, 0.717) is 11.5 Å². The molecule has 43 heavy (non-hydrogen) atoms. The molecular weight excluding hydrogens is 547 g/mol. The Morgan fingerprint density at radius 3 is 2.09 bits per heavy atom. The van der Waals surface area contributed by atoms with Crippen LogP contribution in [0.1, 0.15) is 0 Å². The first-order valence-corrected chi connectivity index (χ1v) is 15.2. The third-order valence-corrected chi connectivity index (χ3v) is 9.81. The summed E-state index contributed by atoms with van der Waals surface area (Å²) in [7, 11) is 0. The molecule has 0 N–H and O–H groups in total. The number of aromatic nitrogens is 3. The molecule has 200 valence electrons. The second-order valence-electron chi connectivity index (χ2n) is 10.9. The molecule has 6 aromatic carbocycles. The molecule has 0 unspecified atom stereocenters. The number of fused-ring (bicyclic) bond motifs is 13. The van der Waals surface area contributed by atoms with Crippen LogP contribution in [-0.4, -0.2) is 14.5 Å². The molecule has 0 amide bonds. The van der Waals surface area contributed by atoms with Gasteiger partial charge in [0.1, 0.15) is 16.8 Å². The summed E-state index contributed by atoms with van der Waals surface area (Å²) in [5.41, 5.74) is 6.31. The molecule has 10 aromatic rings. The molecule has 0 aliphatic heterocycles. The molecule has 4 aromatic heterocycles. The fourth-order valence-corrected chi connectivity index (χ4v) is 8.05. The van der Waals surface area contributed by atoms with Crippen LogP contribution >= 0.6 is 11.3 Å². The van der Waals surface area contributed by atoms with Crippen LogP contribution in [0.15, 0.2) is 132 Å². The highest BCUT2D eigenvalue weighted by Gasteiger charge is 2.24. The lowest BCUT2D eigenvalue weighted by Crippen LogP contribution is -2.03. The minimum atomic E-state index is 0.633. The molecule has 0 bridgehead atoms. The quantitative estimate of drug-likeness (QED) is 0.209. The Morgan fingerprint density at radius 2 is 1.23 bits per heavy atom. The highest BCUT2D eigenvalue weighted by atomic mass is 32.1. The Balaban J connectivity index is 1.46. The van der Waals surface area contributed by atoms with Gasteiger partial charge in [0, 0.05) is 52.7 Å². The van der Waals surface area contributed by atoms with E-state index in [0.717, 1.165) is 38.8 Å². The van der Waals surface area contributed by atoms with Crippen molar-refractivity contribution in [3.05, 3.63) is 127 Å². The van der Waals surface area contributed by atoms with Crippen LogP contribution in [0.2, 0.25) is 0 Å². The molecule has 4 heterocycles. The number of hydrogen-bond donors (Lipinski definition) is 0. The van der Waals surface area contributed by atoms with E-state index in [9.17, 15) is 0 Å². The zero-order valence-electron chi connectivity index (χ0n) is 22.8. The van der Waals surface area contributed by atoms with Gasteiger partial charge in [0.05, 0.1) is 11.0 Å². The number of hydrogen-bond acceptors (Lipinski definition) is 4. The normalized spacial score (nSPS) is 12.2. The summed E-state index contributed by atoms with van der Waals surface area (Å²) in [6.45, 7) is 0. The smallest absolute Gasteiger partial charge is 0.236 e. The van der Waals surface area contributed by atoms with Crippen LogP contribution in [0.5, 0.6) is 0 Å². The molecule has 4 nitrogen and oxygen atoms in total. The average Bonchev–Trinajstić information content (AvgIpc) is 3.75. The highest BCUT2D eigenvalue weighted by Crippen LogP contribution is 2.48. The van der Waals surface area contributed by atoms with Crippen LogP contribution in [0, 0.1) is 0 Å². The van der Waals surface area contributed by atoms with Gasteiger partial charge in [0.15, 0.2) is 5.58 Å². The van der Waals surface area contributed by atoms with Gasteiger partial charge in [-0.2, -0.15) is 0 Å². The summed E-state index contributed by atoms with van der Waals surface area (Å²) in [6.07, 6.45) is 0. The van der Waals surface area contributed by atoms with Crippen molar-refractivity contribution in [3.63, 3.8) is 0 Å². The summed E-state index contributed by atoms with van der Waals surface area (Å²) in [6, 6.07) is 44.5. The second-order valence-corrected chi connectivity index (χ2v) is 12.0. The van der Waals surface area contributed by atoms with E-state index in [4.69, 9.17) is 14.4 Å². The van der Waals surface area contributed by atoms with Gasteiger partial charge in [-0.25, -0.2) is 9.97 Å². The third-order valence-electron chi connectivity index (χ3n) is 8.60. The molecule has 0 spiro atoms. The van der Waals surface area contributed by atoms with Gasteiger partial charge in [0.25, 0.3) is 0 Å². The molecule has 0 atom stereocenters. The van der Waals surface area contributed by atoms with E-state index in [-0.39, 0.29) is 0 Å². The maximum Gasteiger partial charge on any atom is 0.236 e. The number of benzene rings is 6. The van der Waals surface area contributed by atoms with Crippen molar-refractivity contribution in [2.45, 2.75) is 0 Å². The highest BCUT2D eigenvalue weighted by molar-refractivity contribution is 7.27. The zero-order chi connectivity index (χ0) is 28.1. The van der Waals surface area contributed by atoms with Crippen LogP contribution in [-0.2, 0) is 0 Å². The van der Waals surface area contributed by atoms with Crippen molar-refractivity contribution < 1.29 is 4.42 Å². The van der Waals surface area contributed by atoms with Crippen molar-refractivity contribution in [2.75, 3.05) is 0 Å². The molecule has 10 rings (SSSR count).